The number of hydrogen-bond acceptors (Lipinski definition) is 5. The highest BCUT2D eigenvalue weighted by molar-refractivity contribution is 6.31. The second kappa shape index (κ2) is 10.2. The maximum atomic E-state index is 15.1. The molecule has 0 saturated carbocycles. The van der Waals surface area contributed by atoms with Crippen LogP contribution < -0.4 is 10.1 Å². The van der Waals surface area contributed by atoms with Crippen molar-refractivity contribution in [2.45, 2.75) is 37.3 Å². The molecule has 2 atom stereocenters. The molecule has 0 bridgehead atoms. The summed E-state index contributed by atoms with van der Waals surface area (Å²) < 4.78 is 76.4. The molecule has 1 unspecified atom stereocenters. The lowest BCUT2D eigenvalue weighted by Gasteiger charge is -2.29. The molecule has 1 saturated heterocycles. The summed E-state index contributed by atoms with van der Waals surface area (Å²) in [5.74, 6) is -7.15. The molecular weight excluding hydrogens is 511 g/mol. The number of nitrogens with one attached hydrogen (secondary N) is 1. The van der Waals surface area contributed by atoms with Crippen LogP contribution in [0.1, 0.15) is 30.3 Å². The van der Waals surface area contributed by atoms with Crippen LogP contribution in [-0.4, -0.2) is 48.0 Å². The Hall–Kier alpha value is -2.89. The Morgan fingerprint density at radius 3 is 2.39 bits per heavy atom. The number of amides is 1. The molecule has 12 heteroatoms. The molecule has 1 fully saturated rings. The molecular formula is C24H22ClF5N2O4. The van der Waals surface area contributed by atoms with Crippen LogP contribution in [0.2, 0.25) is 5.02 Å². The van der Waals surface area contributed by atoms with E-state index in [1.165, 1.54) is 30.3 Å². The second-order valence-electron chi connectivity index (χ2n) is 8.52. The largest absolute Gasteiger partial charge is 0.573 e. The van der Waals surface area contributed by atoms with Crippen molar-refractivity contribution in [2.75, 3.05) is 19.6 Å². The minimum Gasteiger partial charge on any atom is -0.454 e. The van der Waals surface area contributed by atoms with Crippen LogP contribution in [0, 0.1) is 0 Å². The Bertz CT molecular complexity index is 1210. The second-order valence-corrected chi connectivity index (χ2v) is 8.95. The van der Waals surface area contributed by atoms with Gasteiger partial charge in [-0.3, -0.25) is 4.79 Å². The van der Waals surface area contributed by atoms with Crippen molar-refractivity contribution in [1.29, 1.82) is 0 Å². The Morgan fingerprint density at radius 2 is 1.75 bits per heavy atom. The molecule has 1 amide bonds. The summed E-state index contributed by atoms with van der Waals surface area (Å²) in [6.07, 6.45) is -4.63. The number of halogens is 6. The van der Waals surface area contributed by atoms with E-state index in [9.17, 15) is 23.1 Å². The fourth-order valence-electron chi connectivity index (χ4n) is 4.11. The molecule has 1 aliphatic heterocycles. The van der Waals surface area contributed by atoms with Gasteiger partial charge in [-0.1, -0.05) is 23.7 Å². The standard InChI is InChI=1S/C24H22ClF5N2O4/c25-16-5-8-19-15(11-16)12-20(35-19)23(26,27)22(34)31-18(13-32-9-1-2-10-32)21(33)14-3-6-17(7-4-14)36-24(28,29)30/h3-8,11-12,18,21,33H,1-2,9-10,13H2,(H,31,34)/t18?,21-/m0/s1. The Morgan fingerprint density at radius 1 is 1.08 bits per heavy atom. The molecule has 0 radical (unpaired) electrons. The van der Waals surface area contributed by atoms with Gasteiger partial charge in [0.1, 0.15) is 17.4 Å². The molecule has 3 aromatic rings. The summed E-state index contributed by atoms with van der Waals surface area (Å²) in [5.41, 5.74) is 0.243. The summed E-state index contributed by atoms with van der Waals surface area (Å²) in [5, 5.41) is 13.7. The number of aliphatic hydroxyl groups excluding tert-OH is 1. The van der Waals surface area contributed by atoms with Gasteiger partial charge in [-0.05, 0) is 67.9 Å². The van der Waals surface area contributed by atoms with Gasteiger partial charge in [0.05, 0.1) is 6.04 Å². The zero-order chi connectivity index (χ0) is 26.1. The first-order chi connectivity index (χ1) is 16.9. The fourth-order valence-corrected chi connectivity index (χ4v) is 4.29. The Labute approximate surface area is 207 Å². The van der Waals surface area contributed by atoms with Crippen LogP contribution in [0.15, 0.2) is 52.9 Å². The number of likely N-dealkylation sites (tertiary alicyclic amines) is 1. The van der Waals surface area contributed by atoms with Crippen LogP contribution in [0.5, 0.6) is 5.75 Å². The molecule has 0 aliphatic carbocycles. The van der Waals surface area contributed by atoms with Gasteiger partial charge in [0.25, 0.3) is 5.91 Å². The first-order valence-electron chi connectivity index (χ1n) is 11.1. The monoisotopic (exact) mass is 532 g/mol. The highest BCUT2D eigenvalue weighted by Crippen LogP contribution is 2.35. The first kappa shape index (κ1) is 26.2. The third-order valence-electron chi connectivity index (χ3n) is 5.88. The summed E-state index contributed by atoms with van der Waals surface area (Å²) in [6, 6.07) is 8.46. The van der Waals surface area contributed by atoms with E-state index in [0.29, 0.717) is 23.5 Å². The van der Waals surface area contributed by atoms with E-state index in [4.69, 9.17) is 16.0 Å². The zero-order valence-electron chi connectivity index (χ0n) is 18.7. The maximum Gasteiger partial charge on any atom is 0.573 e. The number of alkyl halides is 5. The number of carbonyl (C=O) groups is 1. The van der Waals surface area contributed by atoms with E-state index < -0.39 is 41.8 Å². The quantitative estimate of drug-likeness (QED) is 0.381. The van der Waals surface area contributed by atoms with Crippen LogP contribution in [0.4, 0.5) is 22.0 Å². The average Bonchev–Trinajstić information content (AvgIpc) is 3.47. The Balaban J connectivity index is 1.54. The Kier molecular flexibility index (Phi) is 7.44. The number of fused-ring (bicyclic) bond motifs is 1. The number of benzene rings is 2. The molecule has 2 heterocycles. The van der Waals surface area contributed by atoms with E-state index in [2.05, 4.69) is 10.1 Å². The SMILES string of the molecule is O=C(NC(CN1CCCC1)[C@@H](O)c1ccc(OC(F)(F)F)cc1)C(F)(F)c1cc2cc(Cl)ccc2o1. The van der Waals surface area contributed by atoms with Gasteiger partial charge in [0.15, 0.2) is 5.76 Å². The molecule has 4 rings (SSSR count). The minimum absolute atomic E-state index is 0.0551. The van der Waals surface area contributed by atoms with Crippen LogP contribution in [0.3, 0.4) is 0 Å². The maximum absolute atomic E-state index is 15.1. The summed E-state index contributed by atoms with van der Waals surface area (Å²) >= 11 is 5.88. The lowest BCUT2D eigenvalue weighted by molar-refractivity contribution is -0.274. The number of nitrogens with zero attached hydrogens (tertiary/aromatic N) is 1. The van der Waals surface area contributed by atoms with Crippen LogP contribution in [-0.2, 0) is 10.7 Å². The van der Waals surface area contributed by atoms with Gasteiger partial charge < -0.3 is 24.5 Å². The molecule has 2 N–H and O–H groups in total. The van der Waals surface area contributed by atoms with Gasteiger partial charge >= 0.3 is 12.3 Å². The smallest absolute Gasteiger partial charge is 0.454 e. The van der Waals surface area contributed by atoms with E-state index in [1.807, 2.05) is 4.90 Å². The number of furan rings is 1. The van der Waals surface area contributed by atoms with Gasteiger partial charge in [-0.2, -0.15) is 8.78 Å². The van der Waals surface area contributed by atoms with E-state index in [-0.39, 0.29) is 17.7 Å². The van der Waals surface area contributed by atoms with Crippen molar-refractivity contribution in [3.05, 3.63) is 64.9 Å². The van der Waals surface area contributed by atoms with Crippen molar-refractivity contribution in [3.63, 3.8) is 0 Å². The van der Waals surface area contributed by atoms with Crippen LogP contribution >= 0.6 is 11.6 Å². The fraction of sp³-hybridized carbons (Fsp3) is 0.375. The topological polar surface area (TPSA) is 74.9 Å². The van der Waals surface area contributed by atoms with Gasteiger partial charge in [0.2, 0.25) is 0 Å². The molecule has 194 valence electrons. The molecule has 36 heavy (non-hydrogen) atoms. The normalized spacial score (nSPS) is 16.8. The summed E-state index contributed by atoms with van der Waals surface area (Å²) in [7, 11) is 0. The van der Waals surface area contributed by atoms with Crippen molar-refractivity contribution >= 4 is 28.5 Å². The van der Waals surface area contributed by atoms with E-state index in [1.54, 1.807) is 0 Å². The van der Waals surface area contributed by atoms with Crippen molar-refractivity contribution in [1.82, 2.24) is 10.2 Å². The van der Waals surface area contributed by atoms with Crippen molar-refractivity contribution in [2.24, 2.45) is 0 Å². The zero-order valence-corrected chi connectivity index (χ0v) is 19.5. The molecule has 1 aromatic heterocycles. The summed E-state index contributed by atoms with van der Waals surface area (Å²) in [4.78, 5) is 14.6. The molecule has 2 aromatic carbocycles. The van der Waals surface area contributed by atoms with Crippen molar-refractivity contribution in [3.8, 4) is 5.75 Å². The highest BCUT2D eigenvalue weighted by atomic mass is 35.5. The molecule has 1 aliphatic rings. The van der Waals surface area contributed by atoms with Crippen molar-refractivity contribution < 1.29 is 41.0 Å². The van der Waals surface area contributed by atoms with Gasteiger partial charge in [-0.25, -0.2) is 0 Å². The molecule has 6 nitrogen and oxygen atoms in total. The number of hydrogen-bond donors (Lipinski definition) is 2. The van der Waals surface area contributed by atoms with E-state index in [0.717, 1.165) is 31.0 Å². The third kappa shape index (κ3) is 6.08. The summed E-state index contributed by atoms with van der Waals surface area (Å²) in [6.45, 7) is 1.36. The predicted molar refractivity (Wildman–Crippen MR) is 121 cm³/mol. The first-order valence-corrected chi connectivity index (χ1v) is 11.4. The van der Waals surface area contributed by atoms with Gasteiger partial charge in [0, 0.05) is 17.0 Å². The number of carbonyl (C=O) groups excluding carboxylic acids is 1. The molecule has 0 spiro atoms. The lowest BCUT2D eigenvalue weighted by atomic mass is 10.0. The third-order valence-corrected chi connectivity index (χ3v) is 6.11. The average molecular weight is 533 g/mol. The van der Waals surface area contributed by atoms with Crippen LogP contribution in [0.25, 0.3) is 11.0 Å². The number of aliphatic hydroxyl groups is 1. The van der Waals surface area contributed by atoms with Gasteiger partial charge in [-0.15, -0.1) is 13.2 Å². The lowest BCUT2D eigenvalue weighted by Crippen LogP contribution is -2.50. The highest BCUT2D eigenvalue weighted by Gasteiger charge is 2.46. The predicted octanol–water partition coefficient (Wildman–Crippen LogP) is 5.39. The number of rotatable bonds is 8. The minimum atomic E-state index is -4.89. The number of ether oxygens (including phenoxy) is 1. The van der Waals surface area contributed by atoms with E-state index >= 15 is 8.78 Å².